The van der Waals surface area contributed by atoms with Crippen LogP contribution in [-0.2, 0) is 4.79 Å². The van der Waals surface area contributed by atoms with Crippen LogP contribution in [0.1, 0.15) is 68.2 Å². The van der Waals surface area contributed by atoms with Gasteiger partial charge in [-0.15, -0.1) is 0 Å². The molecule has 0 aliphatic carbocycles. The minimum atomic E-state index is -0.663. The molecule has 1 rings (SSSR count). The molecule has 3 nitrogen and oxygen atoms in total. The number of aliphatic hydroxyl groups is 1. The molecule has 1 heterocycles. The summed E-state index contributed by atoms with van der Waals surface area (Å²) in [6.07, 6.45) is 1.71. The third kappa shape index (κ3) is 11.7. The van der Waals surface area contributed by atoms with Gasteiger partial charge in [0.2, 0.25) is 5.91 Å². The first-order valence-corrected chi connectivity index (χ1v) is 6.99. The van der Waals surface area contributed by atoms with Crippen molar-refractivity contribution in [2.45, 2.75) is 73.8 Å². The fraction of sp³-hybridized carbons (Fsp3) is 0.929. The average Bonchev–Trinajstić information content (AvgIpc) is 2.35. The van der Waals surface area contributed by atoms with E-state index in [1.54, 1.807) is 18.7 Å². The zero-order chi connectivity index (χ0) is 14.5. The lowest BCUT2D eigenvalue weighted by Crippen LogP contribution is -2.47. The van der Waals surface area contributed by atoms with Gasteiger partial charge in [-0.05, 0) is 19.8 Å². The van der Waals surface area contributed by atoms with Crippen molar-refractivity contribution in [2.75, 3.05) is 13.1 Å². The van der Waals surface area contributed by atoms with Crippen molar-refractivity contribution in [3.63, 3.8) is 0 Å². The second-order valence-corrected chi connectivity index (χ2v) is 3.54. The molecule has 1 aliphatic rings. The SMILES string of the molecule is CC.CC.CC.CC(=O)N1CCCC(C)(O)C1. The zero-order valence-electron chi connectivity index (χ0n) is 13.1. The van der Waals surface area contributed by atoms with Crippen LogP contribution in [0.5, 0.6) is 0 Å². The van der Waals surface area contributed by atoms with E-state index in [4.69, 9.17) is 0 Å². The van der Waals surface area contributed by atoms with Gasteiger partial charge >= 0.3 is 0 Å². The van der Waals surface area contributed by atoms with Crippen LogP contribution in [0.15, 0.2) is 0 Å². The van der Waals surface area contributed by atoms with Crippen molar-refractivity contribution in [1.29, 1.82) is 0 Å². The summed E-state index contributed by atoms with van der Waals surface area (Å²) in [6.45, 7) is 16.6. The van der Waals surface area contributed by atoms with Gasteiger partial charge in [0.25, 0.3) is 0 Å². The Morgan fingerprint density at radius 3 is 1.76 bits per heavy atom. The molecule has 1 unspecified atom stereocenters. The lowest BCUT2D eigenvalue weighted by Gasteiger charge is -2.36. The van der Waals surface area contributed by atoms with Gasteiger partial charge in [0.15, 0.2) is 0 Å². The summed E-state index contributed by atoms with van der Waals surface area (Å²) in [5, 5.41) is 9.60. The Morgan fingerprint density at radius 1 is 1.12 bits per heavy atom. The number of hydrogen-bond donors (Lipinski definition) is 1. The molecule has 0 aromatic heterocycles. The summed E-state index contributed by atoms with van der Waals surface area (Å²) in [5.74, 6) is 0.0602. The van der Waals surface area contributed by atoms with E-state index in [1.807, 2.05) is 41.5 Å². The Balaban J connectivity index is -0.000000285. The molecule has 1 fully saturated rings. The molecule has 1 N–H and O–H groups in total. The monoisotopic (exact) mass is 247 g/mol. The van der Waals surface area contributed by atoms with Gasteiger partial charge in [-0.3, -0.25) is 4.79 Å². The number of β-amino-alcohol motifs (C(OH)–C–C–N with tert-alkyl or cyclic N) is 1. The number of amides is 1. The zero-order valence-corrected chi connectivity index (χ0v) is 13.1. The van der Waals surface area contributed by atoms with Gasteiger partial charge in [-0.25, -0.2) is 0 Å². The highest BCUT2D eigenvalue weighted by Gasteiger charge is 2.29. The largest absolute Gasteiger partial charge is 0.388 e. The molecule has 0 radical (unpaired) electrons. The molecule has 0 spiro atoms. The van der Waals surface area contributed by atoms with Crippen LogP contribution in [0.4, 0.5) is 0 Å². The number of piperidine rings is 1. The molecule has 0 aromatic carbocycles. The molecule has 1 saturated heterocycles. The molecule has 3 heteroatoms. The van der Waals surface area contributed by atoms with Crippen LogP contribution in [0.3, 0.4) is 0 Å². The molecule has 0 saturated carbocycles. The summed E-state index contributed by atoms with van der Waals surface area (Å²) in [5.41, 5.74) is -0.663. The number of hydrogen-bond acceptors (Lipinski definition) is 2. The number of carbonyl (C=O) groups excluding carboxylic acids is 1. The van der Waals surface area contributed by atoms with Gasteiger partial charge in [-0.1, -0.05) is 41.5 Å². The van der Waals surface area contributed by atoms with Crippen LogP contribution >= 0.6 is 0 Å². The van der Waals surface area contributed by atoms with Gasteiger partial charge in [-0.2, -0.15) is 0 Å². The maximum absolute atomic E-state index is 10.9. The molecule has 1 aliphatic heterocycles. The van der Waals surface area contributed by atoms with Crippen LogP contribution in [0.2, 0.25) is 0 Å². The smallest absolute Gasteiger partial charge is 0.219 e. The Morgan fingerprint density at radius 2 is 1.53 bits per heavy atom. The van der Waals surface area contributed by atoms with E-state index in [2.05, 4.69) is 0 Å². The van der Waals surface area contributed by atoms with Crippen LogP contribution < -0.4 is 0 Å². The highest BCUT2D eigenvalue weighted by Crippen LogP contribution is 2.19. The maximum Gasteiger partial charge on any atom is 0.219 e. The fourth-order valence-corrected chi connectivity index (χ4v) is 1.49. The molecule has 1 atom stereocenters. The van der Waals surface area contributed by atoms with Crippen molar-refractivity contribution < 1.29 is 9.90 Å². The molecular formula is C14H33NO2. The summed E-state index contributed by atoms with van der Waals surface area (Å²) >= 11 is 0. The van der Waals surface area contributed by atoms with Crippen LogP contribution in [0, 0.1) is 0 Å². The first-order valence-electron chi connectivity index (χ1n) is 6.99. The van der Waals surface area contributed by atoms with E-state index >= 15 is 0 Å². The molecule has 1 amide bonds. The highest BCUT2D eigenvalue weighted by atomic mass is 16.3. The average molecular weight is 247 g/mol. The van der Waals surface area contributed by atoms with E-state index in [0.29, 0.717) is 6.54 Å². The lowest BCUT2D eigenvalue weighted by atomic mass is 9.95. The van der Waals surface area contributed by atoms with E-state index in [9.17, 15) is 9.90 Å². The van der Waals surface area contributed by atoms with E-state index in [-0.39, 0.29) is 5.91 Å². The number of rotatable bonds is 0. The third-order valence-corrected chi connectivity index (χ3v) is 2.12. The predicted octanol–water partition coefficient (Wildman–Crippen LogP) is 3.46. The first kappa shape index (κ1) is 21.7. The van der Waals surface area contributed by atoms with Gasteiger partial charge in [0, 0.05) is 20.0 Å². The van der Waals surface area contributed by atoms with E-state index in [0.717, 1.165) is 19.4 Å². The van der Waals surface area contributed by atoms with Crippen LogP contribution in [-0.4, -0.2) is 34.6 Å². The normalized spacial score (nSPS) is 21.8. The number of likely N-dealkylation sites (tertiary alicyclic amines) is 1. The molecule has 0 aromatic rings. The molecular weight excluding hydrogens is 214 g/mol. The van der Waals surface area contributed by atoms with E-state index in [1.165, 1.54) is 0 Å². The minimum absolute atomic E-state index is 0.0602. The predicted molar refractivity (Wildman–Crippen MR) is 76.2 cm³/mol. The van der Waals surface area contributed by atoms with Gasteiger partial charge < -0.3 is 10.0 Å². The summed E-state index contributed by atoms with van der Waals surface area (Å²) in [4.78, 5) is 12.6. The quantitative estimate of drug-likeness (QED) is 0.712. The summed E-state index contributed by atoms with van der Waals surface area (Å²) in [6, 6.07) is 0. The number of carbonyl (C=O) groups is 1. The van der Waals surface area contributed by atoms with E-state index < -0.39 is 5.60 Å². The van der Waals surface area contributed by atoms with Crippen molar-refractivity contribution >= 4 is 5.91 Å². The maximum atomic E-state index is 10.9. The van der Waals surface area contributed by atoms with Crippen molar-refractivity contribution in [2.24, 2.45) is 0 Å². The topological polar surface area (TPSA) is 40.5 Å². The molecule has 17 heavy (non-hydrogen) atoms. The Bertz CT molecular complexity index is 168. The first-order chi connectivity index (χ1) is 8.01. The highest BCUT2D eigenvalue weighted by molar-refractivity contribution is 5.73. The number of nitrogens with zero attached hydrogens (tertiary/aromatic N) is 1. The summed E-state index contributed by atoms with van der Waals surface area (Å²) in [7, 11) is 0. The fourth-order valence-electron chi connectivity index (χ4n) is 1.49. The van der Waals surface area contributed by atoms with Gasteiger partial charge in [0.05, 0.1) is 5.60 Å². The van der Waals surface area contributed by atoms with Crippen molar-refractivity contribution in [3.05, 3.63) is 0 Å². The second kappa shape index (κ2) is 13.5. The van der Waals surface area contributed by atoms with Crippen molar-refractivity contribution in [3.8, 4) is 0 Å². The Kier molecular flexibility index (Phi) is 17.2. The lowest BCUT2D eigenvalue weighted by molar-refractivity contribution is -0.135. The standard InChI is InChI=1S/C8H15NO2.3C2H6/c1-7(10)9-5-3-4-8(2,11)6-9;3*1-2/h11H,3-6H2,1-2H3;3*1-2H3. The molecule has 106 valence electrons. The summed E-state index contributed by atoms with van der Waals surface area (Å²) < 4.78 is 0. The third-order valence-electron chi connectivity index (χ3n) is 2.12. The molecule has 0 bridgehead atoms. The second-order valence-electron chi connectivity index (χ2n) is 3.54. The Labute approximate surface area is 108 Å². The minimum Gasteiger partial charge on any atom is -0.388 e. The van der Waals surface area contributed by atoms with Crippen molar-refractivity contribution in [1.82, 2.24) is 4.90 Å². The van der Waals surface area contributed by atoms with Crippen LogP contribution in [0.25, 0.3) is 0 Å². The van der Waals surface area contributed by atoms with Gasteiger partial charge in [0.1, 0.15) is 0 Å². The Hall–Kier alpha value is -0.570.